The van der Waals surface area contributed by atoms with E-state index >= 15 is 0 Å². The second-order valence-corrected chi connectivity index (χ2v) is 4.56. The molecule has 1 aliphatic rings. The van der Waals surface area contributed by atoms with E-state index in [1.54, 1.807) is 7.11 Å². The predicted molar refractivity (Wildman–Crippen MR) is 69.0 cm³/mol. The maximum Gasteiger partial charge on any atom is 0.159 e. The van der Waals surface area contributed by atoms with E-state index in [4.69, 9.17) is 4.74 Å². The van der Waals surface area contributed by atoms with Crippen LogP contribution in [0.1, 0.15) is 31.7 Å². The molecule has 0 aliphatic heterocycles. The Kier molecular flexibility index (Phi) is 3.62. The highest BCUT2D eigenvalue weighted by molar-refractivity contribution is 6.00. The molecular weight excluding hydrogens is 212 g/mol. The lowest BCUT2D eigenvalue weighted by Crippen LogP contribution is -2.16. The monoisotopic (exact) mass is 230 g/mol. The minimum absolute atomic E-state index is 0.287. The van der Waals surface area contributed by atoms with Gasteiger partial charge >= 0.3 is 0 Å². The number of carbonyl (C=O) groups excluding carboxylic acids is 1. The Hall–Kier alpha value is -1.57. The van der Waals surface area contributed by atoms with Crippen molar-refractivity contribution in [3.05, 3.63) is 35.4 Å². The van der Waals surface area contributed by atoms with Gasteiger partial charge in [0.15, 0.2) is 5.78 Å². The first-order valence-corrected chi connectivity index (χ1v) is 6.10. The van der Waals surface area contributed by atoms with E-state index in [2.05, 4.69) is 6.92 Å². The summed E-state index contributed by atoms with van der Waals surface area (Å²) in [5, 5.41) is 0. The standard InChI is InChI=1S/C15H18O2/c1-11-6-5-8-14(16)13(11)10-12-7-3-4-9-15(12)17-2/h3-4,7,9-11H,5-6,8H2,1-2H3/b13-10-. The van der Waals surface area contributed by atoms with Crippen LogP contribution in [0.2, 0.25) is 0 Å². The van der Waals surface area contributed by atoms with Crippen molar-refractivity contribution in [2.75, 3.05) is 7.11 Å². The zero-order chi connectivity index (χ0) is 12.3. The van der Waals surface area contributed by atoms with Crippen LogP contribution < -0.4 is 4.74 Å². The van der Waals surface area contributed by atoms with E-state index < -0.39 is 0 Å². The van der Waals surface area contributed by atoms with E-state index in [1.807, 2.05) is 30.3 Å². The molecule has 0 aromatic heterocycles. The molecule has 0 radical (unpaired) electrons. The van der Waals surface area contributed by atoms with Crippen LogP contribution in [0, 0.1) is 5.92 Å². The number of para-hydroxylation sites is 1. The Morgan fingerprint density at radius 1 is 1.35 bits per heavy atom. The largest absolute Gasteiger partial charge is 0.496 e. The van der Waals surface area contributed by atoms with Crippen molar-refractivity contribution in [3.8, 4) is 5.75 Å². The van der Waals surface area contributed by atoms with Crippen LogP contribution in [0.3, 0.4) is 0 Å². The summed E-state index contributed by atoms with van der Waals surface area (Å²) in [6.07, 6.45) is 4.80. The second kappa shape index (κ2) is 5.17. The van der Waals surface area contributed by atoms with Gasteiger partial charge in [0.05, 0.1) is 7.11 Å². The number of hydrogen-bond acceptors (Lipinski definition) is 2. The Morgan fingerprint density at radius 3 is 2.82 bits per heavy atom. The lowest BCUT2D eigenvalue weighted by Gasteiger charge is -2.20. The maximum absolute atomic E-state index is 11.9. The number of allylic oxidation sites excluding steroid dienone is 1. The van der Waals surface area contributed by atoms with Crippen molar-refractivity contribution in [3.63, 3.8) is 0 Å². The van der Waals surface area contributed by atoms with Gasteiger partial charge in [-0.15, -0.1) is 0 Å². The zero-order valence-electron chi connectivity index (χ0n) is 10.4. The molecule has 1 atom stereocenters. The molecule has 1 unspecified atom stereocenters. The van der Waals surface area contributed by atoms with Gasteiger partial charge in [-0.1, -0.05) is 25.1 Å². The summed E-state index contributed by atoms with van der Waals surface area (Å²) in [5.74, 6) is 1.47. The summed E-state index contributed by atoms with van der Waals surface area (Å²) in [6, 6.07) is 7.81. The molecule has 2 nitrogen and oxygen atoms in total. The molecule has 1 saturated carbocycles. The third-order valence-corrected chi connectivity index (χ3v) is 3.34. The van der Waals surface area contributed by atoms with Gasteiger partial charge in [0.1, 0.15) is 5.75 Å². The minimum Gasteiger partial charge on any atom is -0.496 e. The van der Waals surface area contributed by atoms with Crippen molar-refractivity contribution in [1.29, 1.82) is 0 Å². The molecule has 0 bridgehead atoms. The van der Waals surface area contributed by atoms with Crippen LogP contribution >= 0.6 is 0 Å². The summed E-state index contributed by atoms with van der Waals surface area (Å²) in [7, 11) is 1.66. The van der Waals surface area contributed by atoms with Gasteiger partial charge < -0.3 is 4.74 Å². The number of benzene rings is 1. The Labute approximate surface area is 102 Å². The summed E-state index contributed by atoms with van der Waals surface area (Å²) in [4.78, 5) is 11.9. The van der Waals surface area contributed by atoms with Gasteiger partial charge in [-0.25, -0.2) is 0 Å². The Bertz CT molecular complexity index is 446. The minimum atomic E-state index is 0.287. The van der Waals surface area contributed by atoms with E-state index in [1.165, 1.54) is 0 Å². The van der Waals surface area contributed by atoms with E-state index in [-0.39, 0.29) is 5.78 Å². The molecule has 0 amide bonds. The fourth-order valence-electron chi connectivity index (χ4n) is 2.32. The number of carbonyl (C=O) groups is 1. The van der Waals surface area contributed by atoms with Crippen molar-refractivity contribution in [1.82, 2.24) is 0 Å². The van der Waals surface area contributed by atoms with Gasteiger partial charge in [0, 0.05) is 12.0 Å². The summed E-state index contributed by atoms with van der Waals surface area (Å²) < 4.78 is 5.30. The van der Waals surface area contributed by atoms with Gasteiger partial charge in [0.2, 0.25) is 0 Å². The first kappa shape index (κ1) is 11.9. The second-order valence-electron chi connectivity index (χ2n) is 4.56. The number of ether oxygens (including phenoxy) is 1. The highest BCUT2D eigenvalue weighted by atomic mass is 16.5. The van der Waals surface area contributed by atoms with Crippen molar-refractivity contribution < 1.29 is 9.53 Å². The molecular formula is C15H18O2. The molecule has 17 heavy (non-hydrogen) atoms. The fourth-order valence-corrected chi connectivity index (χ4v) is 2.32. The first-order valence-electron chi connectivity index (χ1n) is 6.10. The third-order valence-electron chi connectivity index (χ3n) is 3.34. The average molecular weight is 230 g/mol. The summed E-state index contributed by atoms with van der Waals surface area (Å²) in [6.45, 7) is 2.12. The van der Waals surface area contributed by atoms with Crippen molar-refractivity contribution in [2.24, 2.45) is 5.92 Å². The molecule has 1 aromatic rings. The van der Waals surface area contributed by atoms with Crippen LogP contribution in [0.5, 0.6) is 5.75 Å². The zero-order valence-corrected chi connectivity index (χ0v) is 10.4. The molecule has 1 aromatic carbocycles. The van der Waals surface area contributed by atoms with E-state index in [0.717, 1.165) is 29.7 Å². The molecule has 0 saturated heterocycles. The molecule has 2 heteroatoms. The van der Waals surface area contributed by atoms with Gasteiger partial charge in [0.25, 0.3) is 0 Å². The molecule has 1 aliphatic carbocycles. The number of ketones is 1. The average Bonchev–Trinajstić information content (AvgIpc) is 2.34. The molecule has 2 rings (SSSR count). The van der Waals surface area contributed by atoms with Crippen molar-refractivity contribution in [2.45, 2.75) is 26.2 Å². The van der Waals surface area contributed by atoms with Crippen LogP contribution in [-0.2, 0) is 4.79 Å². The van der Waals surface area contributed by atoms with Gasteiger partial charge in [-0.2, -0.15) is 0 Å². The third kappa shape index (κ3) is 2.57. The lowest BCUT2D eigenvalue weighted by atomic mass is 9.83. The molecule has 0 heterocycles. The molecule has 1 fully saturated rings. The Morgan fingerprint density at radius 2 is 2.12 bits per heavy atom. The fraction of sp³-hybridized carbons (Fsp3) is 0.400. The topological polar surface area (TPSA) is 26.3 Å². The molecule has 0 N–H and O–H groups in total. The highest BCUT2D eigenvalue weighted by Crippen LogP contribution is 2.30. The quantitative estimate of drug-likeness (QED) is 0.727. The van der Waals surface area contributed by atoms with Crippen LogP contribution in [0.15, 0.2) is 29.8 Å². The van der Waals surface area contributed by atoms with Crippen LogP contribution in [0.4, 0.5) is 0 Å². The number of Topliss-reactive ketones (excluding diaryl/α,β-unsaturated/α-hetero) is 1. The lowest BCUT2D eigenvalue weighted by molar-refractivity contribution is -0.116. The number of methoxy groups -OCH3 is 1. The highest BCUT2D eigenvalue weighted by Gasteiger charge is 2.22. The smallest absolute Gasteiger partial charge is 0.159 e. The normalized spacial score (nSPS) is 22.8. The van der Waals surface area contributed by atoms with Crippen LogP contribution in [-0.4, -0.2) is 12.9 Å². The number of rotatable bonds is 2. The van der Waals surface area contributed by atoms with E-state index in [0.29, 0.717) is 12.3 Å². The van der Waals surface area contributed by atoms with Gasteiger partial charge in [-0.3, -0.25) is 4.79 Å². The molecule has 0 spiro atoms. The number of hydrogen-bond donors (Lipinski definition) is 0. The van der Waals surface area contributed by atoms with E-state index in [9.17, 15) is 4.79 Å². The first-order chi connectivity index (χ1) is 8.22. The summed E-state index contributed by atoms with van der Waals surface area (Å²) in [5.41, 5.74) is 1.94. The summed E-state index contributed by atoms with van der Waals surface area (Å²) >= 11 is 0. The SMILES string of the molecule is COc1ccccc1/C=C1\C(=O)CCCC1C. The predicted octanol–water partition coefficient (Wildman–Crippen LogP) is 3.47. The van der Waals surface area contributed by atoms with Crippen molar-refractivity contribution >= 4 is 11.9 Å². The Balaban J connectivity index is 2.36. The molecule has 90 valence electrons. The van der Waals surface area contributed by atoms with Gasteiger partial charge in [-0.05, 0) is 36.5 Å². The maximum atomic E-state index is 11.9. The van der Waals surface area contributed by atoms with Crippen LogP contribution in [0.25, 0.3) is 6.08 Å².